The minimum absolute atomic E-state index is 0.0164. The molecule has 1 fully saturated rings. The van der Waals surface area contributed by atoms with Crippen LogP contribution < -0.4 is 19.1 Å². The van der Waals surface area contributed by atoms with Gasteiger partial charge in [-0.1, -0.05) is 55.5 Å². The molecule has 0 heterocycles. The zero-order valence-electron chi connectivity index (χ0n) is 26.0. The molecule has 1 aliphatic rings. The number of hydrogen-bond donors (Lipinski definition) is 1. The Morgan fingerprint density at radius 3 is 2.17 bits per heavy atom. The molecular weight excluding hydrogens is 656 g/mol. The van der Waals surface area contributed by atoms with Gasteiger partial charge in [-0.25, -0.2) is 12.8 Å². The van der Waals surface area contributed by atoms with E-state index in [1.807, 2.05) is 0 Å². The van der Waals surface area contributed by atoms with Crippen molar-refractivity contribution in [2.75, 3.05) is 25.1 Å². The lowest BCUT2D eigenvalue weighted by molar-refractivity contribution is -0.140. The van der Waals surface area contributed by atoms with Crippen molar-refractivity contribution in [3.8, 4) is 11.5 Å². The van der Waals surface area contributed by atoms with Crippen LogP contribution in [0.1, 0.15) is 51.0 Å². The lowest BCUT2D eigenvalue weighted by Crippen LogP contribution is -2.54. The number of halogens is 3. The predicted molar refractivity (Wildman–Crippen MR) is 177 cm³/mol. The normalized spacial score (nSPS) is 14.3. The van der Waals surface area contributed by atoms with Crippen LogP contribution in [0.3, 0.4) is 0 Å². The molecule has 1 N–H and O–H groups in total. The number of ether oxygens (including phenoxy) is 2. The van der Waals surface area contributed by atoms with E-state index in [1.54, 1.807) is 25.1 Å². The highest BCUT2D eigenvalue weighted by molar-refractivity contribution is 7.92. The van der Waals surface area contributed by atoms with Gasteiger partial charge in [0.15, 0.2) is 11.5 Å². The number of carbonyl (C=O) groups is 2. The number of methoxy groups -OCH3 is 2. The first kappa shape index (κ1) is 35.3. The number of nitrogens with one attached hydrogen (secondary N) is 1. The number of sulfonamides is 1. The van der Waals surface area contributed by atoms with Crippen LogP contribution in [0.4, 0.5) is 10.1 Å². The number of rotatable bonds is 13. The highest BCUT2D eigenvalue weighted by Crippen LogP contribution is 2.33. The van der Waals surface area contributed by atoms with E-state index in [0.717, 1.165) is 48.5 Å². The second kappa shape index (κ2) is 15.8. The van der Waals surface area contributed by atoms with E-state index >= 15 is 0 Å². The van der Waals surface area contributed by atoms with Gasteiger partial charge in [-0.15, -0.1) is 0 Å². The SMILES string of the molecule is CC[C@@H](C(=O)NC1CCCCC1)N(Cc1c(Cl)cccc1Cl)C(=O)CN(c1ccc(F)cc1)S(=O)(=O)c1ccc(OC)c(OC)c1. The average molecular weight is 695 g/mol. The molecule has 0 radical (unpaired) electrons. The van der Waals surface area contributed by atoms with Gasteiger partial charge in [-0.2, -0.15) is 0 Å². The number of amides is 2. The quantitative estimate of drug-likeness (QED) is 0.216. The molecule has 1 saturated carbocycles. The summed E-state index contributed by atoms with van der Waals surface area (Å²) in [7, 11) is -1.65. The second-order valence-corrected chi connectivity index (χ2v) is 13.7. The van der Waals surface area contributed by atoms with E-state index in [-0.39, 0.29) is 41.2 Å². The average Bonchev–Trinajstić information content (AvgIpc) is 3.05. The van der Waals surface area contributed by atoms with Gasteiger partial charge in [0.1, 0.15) is 18.4 Å². The lowest BCUT2D eigenvalue weighted by atomic mass is 9.95. The molecule has 248 valence electrons. The fourth-order valence-corrected chi connectivity index (χ4v) is 7.50. The number of nitrogens with zero attached hydrogens (tertiary/aromatic N) is 2. The number of carbonyl (C=O) groups excluding carboxylic acids is 2. The molecule has 1 atom stereocenters. The summed E-state index contributed by atoms with van der Waals surface area (Å²) in [6.07, 6.45) is 5.03. The fourth-order valence-electron chi connectivity index (χ4n) is 5.56. The van der Waals surface area contributed by atoms with Crippen LogP contribution in [0, 0.1) is 5.82 Å². The van der Waals surface area contributed by atoms with Gasteiger partial charge in [-0.3, -0.25) is 13.9 Å². The Labute approximate surface area is 279 Å². The summed E-state index contributed by atoms with van der Waals surface area (Å²) in [4.78, 5) is 29.2. The zero-order valence-corrected chi connectivity index (χ0v) is 28.3. The zero-order chi connectivity index (χ0) is 33.4. The van der Waals surface area contributed by atoms with Crippen LogP contribution in [0.15, 0.2) is 65.6 Å². The van der Waals surface area contributed by atoms with Crippen LogP contribution in [0.25, 0.3) is 0 Å². The molecule has 0 saturated heterocycles. The maximum atomic E-state index is 14.4. The molecule has 0 aromatic heterocycles. The summed E-state index contributed by atoms with van der Waals surface area (Å²) in [5.41, 5.74) is 0.458. The summed E-state index contributed by atoms with van der Waals surface area (Å²) in [6, 6.07) is 12.7. The molecule has 2 amide bonds. The number of anilines is 1. The molecular formula is C33H38Cl2FN3O6S. The third-order valence-corrected chi connectivity index (χ3v) is 10.5. The van der Waals surface area contributed by atoms with E-state index in [2.05, 4.69) is 5.32 Å². The first-order valence-electron chi connectivity index (χ1n) is 15.0. The smallest absolute Gasteiger partial charge is 0.264 e. The first-order chi connectivity index (χ1) is 22.0. The molecule has 9 nitrogen and oxygen atoms in total. The third-order valence-electron chi connectivity index (χ3n) is 8.06. The summed E-state index contributed by atoms with van der Waals surface area (Å²) >= 11 is 13.0. The van der Waals surface area contributed by atoms with Gasteiger partial charge in [0, 0.05) is 34.3 Å². The van der Waals surface area contributed by atoms with Crippen LogP contribution in [0.2, 0.25) is 10.0 Å². The Morgan fingerprint density at radius 2 is 1.59 bits per heavy atom. The van der Waals surface area contributed by atoms with E-state index in [4.69, 9.17) is 32.7 Å². The largest absolute Gasteiger partial charge is 0.493 e. The molecule has 3 aromatic carbocycles. The maximum absolute atomic E-state index is 14.4. The topological polar surface area (TPSA) is 105 Å². The lowest BCUT2D eigenvalue weighted by Gasteiger charge is -2.34. The Morgan fingerprint density at radius 1 is 0.957 bits per heavy atom. The molecule has 4 rings (SSSR count). The van der Waals surface area contributed by atoms with Gasteiger partial charge in [0.05, 0.1) is 24.8 Å². The van der Waals surface area contributed by atoms with Crippen molar-refractivity contribution in [1.29, 1.82) is 0 Å². The molecule has 0 unspecified atom stereocenters. The Kier molecular flexibility index (Phi) is 12.2. The van der Waals surface area contributed by atoms with Crippen molar-refractivity contribution < 1.29 is 31.9 Å². The minimum Gasteiger partial charge on any atom is -0.493 e. The highest BCUT2D eigenvalue weighted by atomic mass is 35.5. The van der Waals surface area contributed by atoms with E-state index in [9.17, 15) is 22.4 Å². The molecule has 0 spiro atoms. The van der Waals surface area contributed by atoms with Crippen molar-refractivity contribution in [1.82, 2.24) is 10.2 Å². The summed E-state index contributed by atoms with van der Waals surface area (Å²) in [5, 5.41) is 3.68. The summed E-state index contributed by atoms with van der Waals surface area (Å²) in [5.74, 6) is -1.14. The van der Waals surface area contributed by atoms with Crippen molar-refractivity contribution >= 4 is 50.7 Å². The van der Waals surface area contributed by atoms with Crippen LogP contribution in [-0.2, 0) is 26.2 Å². The minimum atomic E-state index is -4.44. The van der Waals surface area contributed by atoms with Gasteiger partial charge < -0.3 is 19.7 Å². The van der Waals surface area contributed by atoms with E-state index in [1.165, 1.54) is 49.5 Å². The van der Waals surface area contributed by atoms with Gasteiger partial charge in [-0.05, 0) is 67.8 Å². The predicted octanol–water partition coefficient (Wildman–Crippen LogP) is 6.60. The van der Waals surface area contributed by atoms with Crippen LogP contribution in [-0.4, -0.2) is 58.0 Å². The van der Waals surface area contributed by atoms with Crippen molar-refractivity contribution in [3.63, 3.8) is 0 Å². The van der Waals surface area contributed by atoms with E-state index < -0.39 is 34.3 Å². The van der Waals surface area contributed by atoms with Crippen molar-refractivity contribution in [2.24, 2.45) is 0 Å². The van der Waals surface area contributed by atoms with Crippen molar-refractivity contribution in [3.05, 3.63) is 82.1 Å². The number of hydrogen-bond acceptors (Lipinski definition) is 6. The van der Waals surface area contributed by atoms with Gasteiger partial charge in [0.25, 0.3) is 10.0 Å². The van der Waals surface area contributed by atoms with E-state index in [0.29, 0.717) is 21.4 Å². The molecule has 0 aliphatic heterocycles. The van der Waals surface area contributed by atoms with Gasteiger partial charge in [0.2, 0.25) is 11.8 Å². The first-order valence-corrected chi connectivity index (χ1v) is 17.2. The molecule has 13 heteroatoms. The molecule has 1 aliphatic carbocycles. The highest BCUT2D eigenvalue weighted by Gasteiger charge is 2.35. The van der Waals surface area contributed by atoms with Crippen molar-refractivity contribution in [2.45, 2.75) is 69.0 Å². The Balaban J connectivity index is 1.76. The monoisotopic (exact) mass is 693 g/mol. The fraction of sp³-hybridized carbons (Fsp3) is 0.394. The maximum Gasteiger partial charge on any atom is 0.264 e. The summed E-state index contributed by atoms with van der Waals surface area (Å²) in [6.45, 7) is 0.914. The second-order valence-electron chi connectivity index (χ2n) is 11.0. The van der Waals surface area contributed by atoms with Crippen LogP contribution >= 0.6 is 23.2 Å². The summed E-state index contributed by atoms with van der Waals surface area (Å²) < 4.78 is 53.8. The number of benzene rings is 3. The standard InChI is InChI=1S/C33H38Cl2FN3O6S/c1-4-29(33(41)37-23-9-6-5-7-10-23)38(20-26-27(34)11-8-12-28(26)35)32(40)21-39(24-15-13-22(36)14-16-24)46(42,43)25-17-18-30(44-2)31(19-25)45-3/h8,11-19,23,29H,4-7,9-10,20-21H2,1-3H3,(H,37,41)/t29-/m0/s1. The van der Waals surface area contributed by atoms with Crippen LogP contribution in [0.5, 0.6) is 11.5 Å². The van der Waals surface area contributed by atoms with Gasteiger partial charge >= 0.3 is 0 Å². The molecule has 46 heavy (non-hydrogen) atoms. The third kappa shape index (κ3) is 8.24. The Bertz CT molecular complexity index is 1610. The molecule has 0 bridgehead atoms. The Hall–Kier alpha value is -3.54. The molecule has 3 aromatic rings.